The lowest BCUT2D eigenvalue weighted by molar-refractivity contribution is -0.128. The number of nitrogens with one attached hydrogen (secondary N) is 1. The number of carbonyl (C=O) groups excluding carboxylic acids is 1. The van der Waals surface area contributed by atoms with Gasteiger partial charge in [0.05, 0.1) is 31.6 Å². The summed E-state index contributed by atoms with van der Waals surface area (Å²) in [5, 5.41) is 3.08. The van der Waals surface area contributed by atoms with Crippen molar-refractivity contribution in [2.45, 2.75) is 6.54 Å². The fraction of sp³-hybridized carbons (Fsp3) is 0.174. The molecular formula is C23H22FN5O4. The van der Waals surface area contributed by atoms with Gasteiger partial charge in [-0.1, -0.05) is 0 Å². The standard InChI is InChI=1S/C23H22FN5O4/c1-29(22(30)9-25)12-14-7-15(24)3-5-17(14)21-11-27-23(33-21)28-16-4-6-18(19(8-16)31-2)20-10-26-13-32-20/h3-8,10-11,13H,9,12,25H2,1-2H3,(H,27,28). The zero-order chi connectivity index (χ0) is 23.4. The minimum atomic E-state index is -0.417. The Morgan fingerprint density at radius 3 is 2.73 bits per heavy atom. The number of carbonyl (C=O) groups is 1. The van der Waals surface area contributed by atoms with Gasteiger partial charge in [0.1, 0.15) is 11.6 Å². The van der Waals surface area contributed by atoms with E-state index >= 15 is 0 Å². The maximum atomic E-state index is 13.9. The molecule has 0 aliphatic heterocycles. The number of ether oxygens (including phenoxy) is 1. The fourth-order valence-electron chi connectivity index (χ4n) is 3.33. The summed E-state index contributed by atoms with van der Waals surface area (Å²) < 4.78 is 30.5. The highest BCUT2D eigenvalue weighted by molar-refractivity contribution is 5.78. The first-order valence-electron chi connectivity index (χ1n) is 10.0. The third-order valence-electron chi connectivity index (χ3n) is 5.00. The normalized spacial score (nSPS) is 10.8. The lowest BCUT2D eigenvalue weighted by atomic mass is 10.0. The highest BCUT2D eigenvalue weighted by atomic mass is 19.1. The molecule has 2 aromatic carbocycles. The van der Waals surface area contributed by atoms with E-state index in [0.29, 0.717) is 34.1 Å². The molecule has 1 amide bonds. The SMILES string of the molecule is COc1cc(Nc2ncc(-c3ccc(F)cc3CN(C)C(=O)CN)o2)ccc1-c1cnco1. The maximum absolute atomic E-state index is 13.9. The second-order valence-corrected chi connectivity index (χ2v) is 7.19. The molecule has 0 aliphatic carbocycles. The average molecular weight is 451 g/mol. The predicted octanol–water partition coefficient (Wildman–Crippen LogP) is 3.81. The van der Waals surface area contributed by atoms with Gasteiger partial charge in [0.2, 0.25) is 5.91 Å². The molecule has 4 aromatic rings. The Bertz CT molecular complexity index is 1260. The number of rotatable bonds is 8. The number of aromatic nitrogens is 2. The van der Waals surface area contributed by atoms with Crippen LogP contribution in [0.4, 0.5) is 16.1 Å². The average Bonchev–Trinajstić information content (AvgIpc) is 3.51. The summed E-state index contributed by atoms with van der Waals surface area (Å²) in [5.41, 5.74) is 8.04. The summed E-state index contributed by atoms with van der Waals surface area (Å²) >= 11 is 0. The molecule has 0 bridgehead atoms. The molecule has 0 saturated carbocycles. The molecule has 9 nitrogen and oxygen atoms in total. The highest BCUT2D eigenvalue weighted by Gasteiger charge is 2.16. The van der Waals surface area contributed by atoms with Crippen molar-refractivity contribution in [1.29, 1.82) is 0 Å². The van der Waals surface area contributed by atoms with E-state index in [1.54, 1.807) is 32.5 Å². The molecule has 33 heavy (non-hydrogen) atoms. The number of hydrogen-bond donors (Lipinski definition) is 2. The molecular weight excluding hydrogens is 429 g/mol. The number of benzene rings is 2. The molecule has 0 spiro atoms. The third-order valence-corrected chi connectivity index (χ3v) is 5.00. The van der Waals surface area contributed by atoms with E-state index in [-0.39, 0.29) is 25.0 Å². The van der Waals surface area contributed by atoms with Crippen LogP contribution in [-0.4, -0.2) is 41.5 Å². The fourth-order valence-corrected chi connectivity index (χ4v) is 3.33. The highest BCUT2D eigenvalue weighted by Crippen LogP contribution is 2.34. The Morgan fingerprint density at radius 2 is 2.00 bits per heavy atom. The van der Waals surface area contributed by atoms with Crippen molar-refractivity contribution in [3.63, 3.8) is 0 Å². The summed E-state index contributed by atoms with van der Waals surface area (Å²) in [6.45, 7) is 0.0447. The summed E-state index contributed by atoms with van der Waals surface area (Å²) in [5.74, 6) is 0.911. The number of amides is 1. The molecule has 0 aliphatic rings. The minimum Gasteiger partial charge on any atom is -0.496 e. The predicted molar refractivity (Wildman–Crippen MR) is 119 cm³/mol. The van der Waals surface area contributed by atoms with Crippen LogP contribution >= 0.6 is 0 Å². The summed E-state index contributed by atoms with van der Waals surface area (Å²) in [4.78, 5) is 21.5. The zero-order valence-electron chi connectivity index (χ0n) is 18.0. The van der Waals surface area contributed by atoms with Crippen molar-refractivity contribution >= 4 is 17.6 Å². The van der Waals surface area contributed by atoms with Crippen LogP contribution in [0.5, 0.6) is 5.75 Å². The topological polar surface area (TPSA) is 120 Å². The largest absolute Gasteiger partial charge is 0.496 e. The second-order valence-electron chi connectivity index (χ2n) is 7.19. The Balaban J connectivity index is 1.57. The summed E-state index contributed by atoms with van der Waals surface area (Å²) in [6, 6.07) is 9.93. The first-order valence-corrected chi connectivity index (χ1v) is 10.0. The van der Waals surface area contributed by atoms with Gasteiger partial charge in [-0.2, -0.15) is 0 Å². The van der Waals surface area contributed by atoms with E-state index in [9.17, 15) is 9.18 Å². The van der Waals surface area contributed by atoms with Gasteiger partial charge in [-0.15, -0.1) is 0 Å². The van der Waals surface area contributed by atoms with Gasteiger partial charge < -0.3 is 29.5 Å². The van der Waals surface area contributed by atoms with Crippen LogP contribution < -0.4 is 15.8 Å². The van der Waals surface area contributed by atoms with Gasteiger partial charge in [0.15, 0.2) is 17.9 Å². The van der Waals surface area contributed by atoms with Gasteiger partial charge in [0.25, 0.3) is 6.01 Å². The second kappa shape index (κ2) is 9.53. The van der Waals surface area contributed by atoms with Gasteiger partial charge >= 0.3 is 0 Å². The van der Waals surface area contributed by atoms with Crippen LogP contribution in [0.25, 0.3) is 22.6 Å². The van der Waals surface area contributed by atoms with Crippen LogP contribution in [0, 0.1) is 5.82 Å². The molecule has 10 heteroatoms. The molecule has 0 radical (unpaired) electrons. The number of anilines is 2. The van der Waals surface area contributed by atoms with E-state index in [4.69, 9.17) is 19.3 Å². The third kappa shape index (κ3) is 4.85. The molecule has 2 aromatic heterocycles. The Kier molecular flexibility index (Phi) is 6.36. The van der Waals surface area contributed by atoms with E-state index in [2.05, 4.69) is 15.3 Å². The van der Waals surface area contributed by atoms with Crippen molar-refractivity contribution in [2.24, 2.45) is 5.73 Å². The summed E-state index contributed by atoms with van der Waals surface area (Å²) in [6.07, 6.45) is 4.48. The zero-order valence-corrected chi connectivity index (χ0v) is 18.0. The van der Waals surface area contributed by atoms with Crippen LogP contribution in [0.2, 0.25) is 0 Å². The maximum Gasteiger partial charge on any atom is 0.299 e. The minimum absolute atomic E-state index is 0.129. The van der Waals surface area contributed by atoms with Gasteiger partial charge in [-0.25, -0.2) is 14.4 Å². The molecule has 3 N–H and O–H groups in total. The van der Waals surface area contributed by atoms with Crippen molar-refractivity contribution in [2.75, 3.05) is 26.0 Å². The smallest absolute Gasteiger partial charge is 0.299 e. The molecule has 4 rings (SSSR count). The number of halogens is 1. The molecule has 0 fully saturated rings. The summed E-state index contributed by atoms with van der Waals surface area (Å²) in [7, 11) is 3.16. The molecule has 0 saturated heterocycles. The van der Waals surface area contributed by atoms with Crippen LogP contribution in [0.15, 0.2) is 64.0 Å². The molecule has 2 heterocycles. The van der Waals surface area contributed by atoms with E-state index in [1.165, 1.54) is 29.6 Å². The van der Waals surface area contributed by atoms with Gasteiger partial charge in [0, 0.05) is 30.9 Å². The van der Waals surface area contributed by atoms with E-state index < -0.39 is 5.82 Å². The van der Waals surface area contributed by atoms with Crippen molar-refractivity contribution in [1.82, 2.24) is 14.9 Å². The monoisotopic (exact) mass is 451 g/mol. The lowest BCUT2D eigenvalue weighted by Crippen LogP contribution is -2.32. The van der Waals surface area contributed by atoms with Gasteiger partial charge in [-0.05, 0) is 35.9 Å². The van der Waals surface area contributed by atoms with Crippen LogP contribution in [0.3, 0.4) is 0 Å². The first-order chi connectivity index (χ1) is 16.0. The van der Waals surface area contributed by atoms with Crippen molar-refractivity contribution in [3.05, 3.63) is 66.6 Å². The Morgan fingerprint density at radius 1 is 1.18 bits per heavy atom. The molecule has 0 atom stereocenters. The van der Waals surface area contributed by atoms with Gasteiger partial charge in [-0.3, -0.25) is 4.79 Å². The van der Waals surface area contributed by atoms with E-state index in [0.717, 1.165) is 5.56 Å². The number of methoxy groups -OCH3 is 1. The number of likely N-dealkylation sites (N-methyl/N-ethyl adjacent to an activating group) is 1. The van der Waals surface area contributed by atoms with E-state index in [1.807, 2.05) is 12.1 Å². The quantitative estimate of drug-likeness (QED) is 0.415. The number of nitrogens with zero attached hydrogens (tertiary/aromatic N) is 3. The number of hydrogen-bond acceptors (Lipinski definition) is 8. The Hall–Kier alpha value is -4.18. The van der Waals surface area contributed by atoms with Crippen molar-refractivity contribution in [3.8, 4) is 28.4 Å². The lowest BCUT2D eigenvalue weighted by Gasteiger charge is -2.18. The number of oxazole rings is 2. The first kappa shape index (κ1) is 22.0. The van der Waals surface area contributed by atoms with Crippen molar-refractivity contribution < 1.29 is 22.8 Å². The van der Waals surface area contributed by atoms with Crippen LogP contribution in [0.1, 0.15) is 5.56 Å². The molecule has 0 unspecified atom stereocenters. The Labute approximate surface area is 189 Å². The number of nitrogens with two attached hydrogens (primary N) is 1. The molecule has 170 valence electrons. The van der Waals surface area contributed by atoms with Crippen LogP contribution in [-0.2, 0) is 11.3 Å².